The van der Waals surface area contributed by atoms with Gasteiger partial charge in [-0.15, -0.1) is 0 Å². The van der Waals surface area contributed by atoms with E-state index >= 15 is 0 Å². The maximum absolute atomic E-state index is 10.8. The number of nitrogens with zero attached hydrogens (tertiary/aromatic N) is 3. The number of hydrogen-bond donors (Lipinski definition) is 1. The van der Waals surface area contributed by atoms with Crippen LogP contribution in [0.25, 0.3) is 0 Å². The maximum atomic E-state index is 10.8. The van der Waals surface area contributed by atoms with Crippen molar-refractivity contribution in [2.24, 2.45) is 5.92 Å². The van der Waals surface area contributed by atoms with Gasteiger partial charge >= 0.3 is 0 Å². The normalized spacial score (nSPS) is 10.4. The molecule has 1 rings (SSSR count). The van der Waals surface area contributed by atoms with E-state index in [1.165, 1.54) is 12.1 Å². The van der Waals surface area contributed by atoms with Gasteiger partial charge in [-0.3, -0.25) is 10.1 Å². The second-order valence-corrected chi connectivity index (χ2v) is 4.35. The summed E-state index contributed by atoms with van der Waals surface area (Å²) in [5.74, 6) is 1.58. The highest BCUT2D eigenvalue weighted by molar-refractivity contribution is 5.55. The fourth-order valence-corrected chi connectivity index (χ4v) is 1.57. The molecule has 1 heterocycles. The summed E-state index contributed by atoms with van der Waals surface area (Å²) in [7, 11) is 3.57. The molecule has 0 unspecified atom stereocenters. The fourth-order valence-electron chi connectivity index (χ4n) is 1.57. The van der Waals surface area contributed by atoms with Gasteiger partial charge in [0.15, 0.2) is 0 Å². The van der Waals surface area contributed by atoms with Crippen LogP contribution >= 0.6 is 0 Å². The van der Waals surface area contributed by atoms with E-state index in [1.54, 1.807) is 7.05 Å². The van der Waals surface area contributed by atoms with Crippen LogP contribution in [0.3, 0.4) is 0 Å². The summed E-state index contributed by atoms with van der Waals surface area (Å²) in [6, 6.07) is 2.91. The molecule has 0 atom stereocenters. The van der Waals surface area contributed by atoms with Gasteiger partial charge in [-0.05, 0) is 5.92 Å². The van der Waals surface area contributed by atoms with Crippen molar-refractivity contribution in [2.75, 3.05) is 30.9 Å². The lowest BCUT2D eigenvalue weighted by Gasteiger charge is -2.20. The molecule has 0 aliphatic heterocycles. The lowest BCUT2D eigenvalue weighted by Crippen LogP contribution is -2.23. The van der Waals surface area contributed by atoms with Crippen LogP contribution in [0.1, 0.15) is 13.8 Å². The van der Waals surface area contributed by atoms with Crippen LogP contribution < -0.4 is 10.2 Å². The maximum Gasteiger partial charge on any atom is 0.276 e. The van der Waals surface area contributed by atoms with Crippen LogP contribution in [0, 0.1) is 16.0 Å². The van der Waals surface area contributed by atoms with E-state index in [9.17, 15) is 10.1 Å². The Labute approximate surface area is 101 Å². The molecule has 1 N–H and O–H groups in total. The van der Waals surface area contributed by atoms with E-state index in [2.05, 4.69) is 24.1 Å². The Morgan fingerprint density at radius 2 is 2.18 bits per heavy atom. The summed E-state index contributed by atoms with van der Waals surface area (Å²) < 4.78 is 0. The van der Waals surface area contributed by atoms with Gasteiger partial charge in [-0.1, -0.05) is 13.8 Å². The minimum atomic E-state index is -0.408. The first-order chi connectivity index (χ1) is 7.93. The number of nitrogens with one attached hydrogen (secondary N) is 1. The Bertz CT molecular complexity index is 406. The average molecular weight is 238 g/mol. The first-order valence-electron chi connectivity index (χ1n) is 5.49. The number of rotatable bonds is 5. The topological polar surface area (TPSA) is 71.3 Å². The molecule has 1 aromatic rings. The number of aromatic nitrogens is 1. The highest BCUT2D eigenvalue weighted by Gasteiger charge is 2.13. The largest absolute Gasteiger partial charge is 0.373 e. The molecule has 0 bridgehead atoms. The van der Waals surface area contributed by atoms with Crippen molar-refractivity contribution in [1.82, 2.24) is 4.98 Å². The van der Waals surface area contributed by atoms with Crippen LogP contribution in [0.4, 0.5) is 17.3 Å². The molecule has 0 radical (unpaired) electrons. The van der Waals surface area contributed by atoms with Crippen molar-refractivity contribution in [3.05, 3.63) is 22.2 Å². The van der Waals surface area contributed by atoms with Crippen molar-refractivity contribution in [3.8, 4) is 0 Å². The molecule has 0 saturated carbocycles. The number of pyridine rings is 1. The van der Waals surface area contributed by atoms with Crippen molar-refractivity contribution < 1.29 is 4.92 Å². The van der Waals surface area contributed by atoms with Crippen molar-refractivity contribution >= 4 is 17.3 Å². The summed E-state index contributed by atoms with van der Waals surface area (Å²) in [5, 5.41) is 13.6. The zero-order chi connectivity index (χ0) is 13.0. The summed E-state index contributed by atoms with van der Waals surface area (Å²) >= 11 is 0. The number of nitro groups is 1. The highest BCUT2D eigenvalue weighted by atomic mass is 16.6. The van der Waals surface area contributed by atoms with Crippen LogP contribution in [0.15, 0.2) is 12.1 Å². The third kappa shape index (κ3) is 3.58. The van der Waals surface area contributed by atoms with Gasteiger partial charge in [0.05, 0.1) is 17.1 Å². The van der Waals surface area contributed by atoms with E-state index in [0.717, 1.165) is 6.54 Å². The molecular formula is C11H18N4O2. The molecule has 6 nitrogen and oxygen atoms in total. The van der Waals surface area contributed by atoms with E-state index in [-0.39, 0.29) is 5.69 Å². The van der Waals surface area contributed by atoms with Crippen LogP contribution in [0.5, 0.6) is 0 Å². The zero-order valence-corrected chi connectivity index (χ0v) is 10.6. The van der Waals surface area contributed by atoms with E-state index in [4.69, 9.17) is 0 Å². The van der Waals surface area contributed by atoms with Gasteiger partial charge in [0.2, 0.25) is 0 Å². The Balaban J connectivity index is 3.06. The number of hydrogen-bond acceptors (Lipinski definition) is 5. The van der Waals surface area contributed by atoms with Gasteiger partial charge in [0.1, 0.15) is 11.6 Å². The summed E-state index contributed by atoms with van der Waals surface area (Å²) in [4.78, 5) is 16.6. The molecule has 0 aliphatic carbocycles. The first kappa shape index (κ1) is 13.2. The second kappa shape index (κ2) is 5.47. The van der Waals surface area contributed by atoms with Gasteiger partial charge in [0.25, 0.3) is 5.69 Å². The summed E-state index contributed by atoms with van der Waals surface area (Å²) in [5.41, 5.74) is 0.0509. The average Bonchev–Trinajstić information content (AvgIpc) is 2.27. The predicted molar refractivity (Wildman–Crippen MR) is 68.5 cm³/mol. The Morgan fingerprint density at radius 1 is 1.53 bits per heavy atom. The molecular weight excluding hydrogens is 220 g/mol. The monoisotopic (exact) mass is 238 g/mol. The predicted octanol–water partition coefficient (Wildman–Crippen LogP) is 2.12. The summed E-state index contributed by atoms with van der Waals surface area (Å²) in [6.45, 7) is 4.98. The third-order valence-electron chi connectivity index (χ3n) is 2.29. The molecule has 17 heavy (non-hydrogen) atoms. The van der Waals surface area contributed by atoms with Crippen LogP contribution in [0.2, 0.25) is 0 Å². The fraction of sp³-hybridized carbons (Fsp3) is 0.545. The van der Waals surface area contributed by atoms with E-state index in [1.807, 2.05) is 11.9 Å². The minimum Gasteiger partial charge on any atom is -0.373 e. The molecule has 0 amide bonds. The Kier molecular flexibility index (Phi) is 4.25. The van der Waals surface area contributed by atoms with E-state index in [0.29, 0.717) is 17.6 Å². The van der Waals surface area contributed by atoms with E-state index < -0.39 is 4.92 Å². The highest BCUT2D eigenvalue weighted by Crippen LogP contribution is 2.22. The van der Waals surface area contributed by atoms with Crippen molar-refractivity contribution in [1.29, 1.82) is 0 Å². The first-order valence-corrected chi connectivity index (χ1v) is 5.49. The molecule has 94 valence electrons. The molecule has 1 aromatic heterocycles. The molecule has 0 spiro atoms. The summed E-state index contributed by atoms with van der Waals surface area (Å²) in [6.07, 6.45) is 0. The van der Waals surface area contributed by atoms with Crippen LogP contribution in [-0.4, -0.2) is 30.5 Å². The lowest BCUT2D eigenvalue weighted by molar-refractivity contribution is -0.384. The minimum absolute atomic E-state index is 0.0509. The SMILES string of the molecule is CNc1cc([N+](=O)[O-])cc(N(C)CC(C)C)n1. The third-order valence-corrected chi connectivity index (χ3v) is 2.29. The zero-order valence-electron chi connectivity index (χ0n) is 10.6. The lowest BCUT2D eigenvalue weighted by atomic mass is 10.2. The van der Waals surface area contributed by atoms with Gasteiger partial charge in [0, 0.05) is 20.6 Å². The van der Waals surface area contributed by atoms with Gasteiger partial charge in [-0.2, -0.15) is 0 Å². The van der Waals surface area contributed by atoms with Crippen molar-refractivity contribution in [2.45, 2.75) is 13.8 Å². The van der Waals surface area contributed by atoms with Gasteiger partial charge in [-0.25, -0.2) is 4.98 Å². The Hall–Kier alpha value is -1.85. The second-order valence-electron chi connectivity index (χ2n) is 4.35. The standard InChI is InChI=1S/C11H18N4O2/c1-8(2)7-14(4)11-6-9(15(16)17)5-10(12-3)13-11/h5-6,8H,7H2,1-4H3,(H,12,13). The number of anilines is 2. The molecule has 6 heteroatoms. The Morgan fingerprint density at radius 3 is 2.65 bits per heavy atom. The molecule has 0 aliphatic rings. The molecule has 0 aromatic carbocycles. The molecule has 0 fully saturated rings. The van der Waals surface area contributed by atoms with Crippen LogP contribution in [-0.2, 0) is 0 Å². The molecule has 0 saturated heterocycles. The quantitative estimate of drug-likeness (QED) is 0.628. The smallest absolute Gasteiger partial charge is 0.276 e. The van der Waals surface area contributed by atoms with Crippen molar-refractivity contribution in [3.63, 3.8) is 0 Å². The van der Waals surface area contributed by atoms with Gasteiger partial charge < -0.3 is 10.2 Å².